The first kappa shape index (κ1) is 21.8. The van der Waals surface area contributed by atoms with E-state index in [4.69, 9.17) is 5.73 Å². The Hall–Kier alpha value is -2.42. The molecule has 2 atom stereocenters. The number of thiophene rings is 1. The van der Waals surface area contributed by atoms with Crippen molar-refractivity contribution in [1.82, 2.24) is 30.4 Å². The maximum absolute atomic E-state index is 12.7. The van der Waals surface area contributed by atoms with Gasteiger partial charge in [-0.25, -0.2) is 9.48 Å². The molecule has 164 valence electrons. The summed E-state index contributed by atoms with van der Waals surface area (Å²) in [6, 6.07) is 2.98. The Bertz CT molecular complexity index is 1070. The van der Waals surface area contributed by atoms with Gasteiger partial charge in [0.15, 0.2) is 0 Å². The molecule has 2 aliphatic heterocycles. The number of carboxylic acid groups (broad SMARTS) is 1. The van der Waals surface area contributed by atoms with Gasteiger partial charge < -0.3 is 16.2 Å². The summed E-state index contributed by atoms with van der Waals surface area (Å²) in [5.74, 6) is -1.08. The molecular weight excluding hydrogens is 462 g/mol. The number of tetrazole rings is 1. The quantitative estimate of drug-likeness (QED) is 0.341. The number of amides is 2. The predicted octanol–water partition coefficient (Wildman–Crippen LogP) is -0.196. The number of hydrogen-bond donors (Lipinski definition) is 3. The van der Waals surface area contributed by atoms with Crippen molar-refractivity contribution < 1.29 is 19.5 Å². The lowest BCUT2D eigenvalue weighted by Gasteiger charge is -2.49. The molecule has 4 rings (SSSR count). The number of fused-ring (bicyclic) bond motifs is 1. The summed E-state index contributed by atoms with van der Waals surface area (Å²) in [7, 11) is 1.69. The number of carbonyl (C=O) groups is 3. The van der Waals surface area contributed by atoms with Gasteiger partial charge in [0.1, 0.15) is 17.1 Å². The van der Waals surface area contributed by atoms with E-state index in [1.165, 1.54) is 44.4 Å². The van der Waals surface area contributed by atoms with E-state index in [0.29, 0.717) is 28.8 Å². The first-order chi connectivity index (χ1) is 14.9. The summed E-state index contributed by atoms with van der Waals surface area (Å²) in [5.41, 5.74) is 6.19. The first-order valence-corrected chi connectivity index (χ1v) is 12.1. The molecule has 0 aliphatic carbocycles. The van der Waals surface area contributed by atoms with Crippen LogP contribution in [0, 0.1) is 0 Å². The van der Waals surface area contributed by atoms with Gasteiger partial charge in [-0.15, -0.1) is 28.2 Å². The second-order valence-corrected chi connectivity index (χ2v) is 10.1. The summed E-state index contributed by atoms with van der Waals surface area (Å²) in [6.45, 7) is 0.416. The summed E-state index contributed by atoms with van der Waals surface area (Å²) < 4.78 is 1.49. The van der Waals surface area contributed by atoms with Crippen LogP contribution in [0.4, 0.5) is 0 Å². The van der Waals surface area contributed by atoms with Crippen LogP contribution in [0.15, 0.2) is 28.6 Å². The van der Waals surface area contributed by atoms with E-state index < -0.39 is 23.3 Å². The zero-order valence-corrected chi connectivity index (χ0v) is 18.8. The molecule has 1 fully saturated rings. The maximum atomic E-state index is 12.7. The number of aryl methyl sites for hydroxylation is 1. The van der Waals surface area contributed by atoms with Crippen LogP contribution >= 0.6 is 34.9 Å². The highest BCUT2D eigenvalue weighted by atomic mass is 32.2. The molecule has 0 saturated carbocycles. The highest BCUT2D eigenvalue weighted by Crippen LogP contribution is 2.41. The molecule has 2 aliphatic rings. The Balaban J connectivity index is 1.42. The highest BCUT2D eigenvalue weighted by molar-refractivity contribution is 8.01. The van der Waals surface area contributed by atoms with Gasteiger partial charge in [0.2, 0.25) is 11.1 Å². The van der Waals surface area contributed by atoms with Gasteiger partial charge in [-0.1, -0.05) is 11.8 Å². The lowest BCUT2D eigenvalue weighted by Crippen LogP contribution is -2.70. The number of rotatable bonds is 8. The summed E-state index contributed by atoms with van der Waals surface area (Å²) in [4.78, 5) is 40.2. The van der Waals surface area contributed by atoms with Crippen LogP contribution in [0.5, 0.6) is 0 Å². The number of nitrogens with two attached hydrogens (primary N) is 1. The SMILES string of the molecule is Cn1nnnc1SCC1=C(C(=O)O)N2C(=O)[C@@H](NC(=O)Cc3ccc(CN)s3)[C@@H]2SC1. The molecular formula is C17H19N7O4S3. The molecule has 2 aromatic rings. The fraction of sp³-hybridized carbons (Fsp3) is 0.412. The van der Waals surface area contributed by atoms with Crippen molar-refractivity contribution >= 4 is 52.6 Å². The fourth-order valence-electron chi connectivity index (χ4n) is 3.30. The standard InChI is InChI=1S/C17H19N7O4S3/c1-23-17(20-21-22-23)30-7-8-6-29-15-12(14(26)24(15)13(8)16(27)28)19-11(25)4-9-2-3-10(5-18)31-9/h2-3,12,15H,4-7,18H2,1H3,(H,19,25)(H,27,28)/t12-,15+/m1/s1. The number of carbonyl (C=O) groups excluding carboxylic acids is 2. The number of nitrogens with one attached hydrogen (secondary N) is 1. The smallest absolute Gasteiger partial charge is 0.352 e. The van der Waals surface area contributed by atoms with Crippen molar-refractivity contribution in [1.29, 1.82) is 0 Å². The van der Waals surface area contributed by atoms with Gasteiger partial charge in [-0.05, 0) is 28.1 Å². The number of hydrogen-bond acceptors (Lipinski definition) is 10. The van der Waals surface area contributed by atoms with Crippen molar-refractivity contribution in [2.45, 2.75) is 29.5 Å². The fourth-order valence-corrected chi connectivity index (χ4v) is 6.53. The third kappa shape index (κ3) is 4.33. The molecule has 2 amide bonds. The van der Waals surface area contributed by atoms with Gasteiger partial charge in [0, 0.05) is 34.9 Å². The molecule has 11 nitrogen and oxygen atoms in total. The Morgan fingerprint density at radius 3 is 2.81 bits per heavy atom. The van der Waals surface area contributed by atoms with E-state index in [9.17, 15) is 19.5 Å². The third-order valence-corrected chi connectivity index (χ3v) is 8.32. The van der Waals surface area contributed by atoms with Gasteiger partial charge in [0.25, 0.3) is 5.91 Å². The van der Waals surface area contributed by atoms with Crippen molar-refractivity contribution in [2.24, 2.45) is 12.8 Å². The minimum Gasteiger partial charge on any atom is -0.477 e. The van der Waals surface area contributed by atoms with Crippen LogP contribution in [0.2, 0.25) is 0 Å². The molecule has 2 aromatic heterocycles. The van der Waals surface area contributed by atoms with Gasteiger partial charge >= 0.3 is 5.97 Å². The number of nitrogens with zero attached hydrogens (tertiary/aromatic N) is 5. The summed E-state index contributed by atoms with van der Waals surface area (Å²) >= 11 is 4.20. The Kier molecular flexibility index (Phi) is 6.31. The normalized spacial score (nSPS) is 20.5. The topological polar surface area (TPSA) is 156 Å². The van der Waals surface area contributed by atoms with Crippen LogP contribution in [-0.4, -0.2) is 70.9 Å². The molecule has 0 bridgehead atoms. The van der Waals surface area contributed by atoms with Crippen LogP contribution < -0.4 is 11.1 Å². The van der Waals surface area contributed by atoms with Gasteiger partial charge in [-0.2, -0.15) is 0 Å². The van der Waals surface area contributed by atoms with E-state index in [1.807, 2.05) is 12.1 Å². The predicted molar refractivity (Wildman–Crippen MR) is 115 cm³/mol. The zero-order chi connectivity index (χ0) is 22.1. The van der Waals surface area contributed by atoms with E-state index in [2.05, 4.69) is 20.8 Å². The second-order valence-electron chi connectivity index (χ2n) is 6.83. The maximum Gasteiger partial charge on any atom is 0.352 e. The average Bonchev–Trinajstić information content (AvgIpc) is 3.37. The Labute approximate surface area is 189 Å². The Morgan fingerprint density at radius 2 is 2.16 bits per heavy atom. The van der Waals surface area contributed by atoms with E-state index in [1.54, 1.807) is 7.05 Å². The van der Waals surface area contributed by atoms with Gasteiger partial charge in [-0.3, -0.25) is 14.5 Å². The van der Waals surface area contributed by atoms with Crippen molar-refractivity contribution in [3.8, 4) is 0 Å². The lowest BCUT2D eigenvalue weighted by molar-refractivity contribution is -0.150. The minimum atomic E-state index is -1.16. The Morgan fingerprint density at radius 1 is 1.39 bits per heavy atom. The number of β-lactam (4-membered cyclic amide) rings is 1. The van der Waals surface area contributed by atoms with Crippen LogP contribution in [0.25, 0.3) is 0 Å². The summed E-state index contributed by atoms with van der Waals surface area (Å²) in [6.07, 6.45) is 0.154. The molecule has 4 N–H and O–H groups in total. The monoisotopic (exact) mass is 481 g/mol. The van der Waals surface area contributed by atoms with Crippen LogP contribution in [0.1, 0.15) is 9.75 Å². The van der Waals surface area contributed by atoms with Gasteiger partial charge in [0.05, 0.1) is 6.42 Å². The highest BCUT2D eigenvalue weighted by Gasteiger charge is 2.54. The number of aromatic nitrogens is 4. The molecule has 4 heterocycles. The first-order valence-electron chi connectivity index (χ1n) is 9.21. The van der Waals surface area contributed by atoms with Crippen LogP contribution in [0.3, 0.4) is 0 Å². The van der Waals surface area contributed by atoms with E-state index >= 15 is 0 Å². The molecule has 14 heteroatoms. The molecule has 0 radical (unpaired) electrons. The van der Waals surface area contributed by atoms with Crippen molar-refractivity contribution in [3.63, 3.8) is 0 Å². The van der Waals surface area contributed by atoms with Crippen molar-refractivity contribution in [2.75, 3.05) is 11.5 Å². The number of aliphatic carboxylic acids is 1. The summed E-state index contributed by atoms with van der Waals surface area (Å²) in [5, 5.41) is 23.8. The molecule has 1 saturated heterocycles. The molecule has 0 aromatic carbocycles. The number of carboxylic acids is 1. The van der Waals surface area contributed by atoms with Crippen LogP contribution in [-0.2, 0) is 34.4 Å². The molecule has 0 unspecified atom stereocenters. The largest absolute Gasteiger partial charge is 0.477 e. The third-order valence-electron chi connectivity index (χ3n) is 4.78. The second kappa shape index (κ2) is 8.98. The molecule has 31 heavy (non-hydrogen) atoms. The average molecular weight is 482 g/mol. The minimum absolute atomic E-state index is 0.0206. The lowest BCUT2D eigenvalue weighted by atomic mass is 10.0. The van der Waals surface area contributed by atoms with Crippen molar-refractivity contribution in [3.05, 3.63) is 33.2 Å². The van der Waals surface area contributed by atoms with E-state index in [0.717, 1.165) is 9.75 Å². The number of thioether (sulfide) groups is 2. The van der Waals surface area contributed by atoms with E-state index in [-0.39, 0.29) is 18.0 Å². The zero-order valence-electron chi connectivity index (χ0n) is 16.3. The molecule has 0 spiro atoms.